The van der Waals surface area contributed by atoms with Crippen molar-refractivity contribution in [3.05, 3.63) is 29.8 Å². The summed E-state index contributed by atoms with van der Waals surface area (Å²) in [5.74, 6) is -0.0666. The van der Waals surface area contributed by atoms with E-state index < -0.39 is 5.54 Å². The number of carbonyl (C=O) groups excluding carboxylic acids is 1. The van der Waals surface area contributed by atoms with E-state index in [9.17, 15) is 4.79 Å². The van der Waals surface area contributed by atoms with E-state index in [1.807, 2.05) is 31.2 Å². The molecule has 1 saturated carbocycles. The Morgan fingerprint density at radius 3 is 2.79 bits per heavy atom. The number of amides is 1. The third kappa shape index (κ3) is 1.77. The Kier molecular flexibility index (Phi) is 2.04. The predicted octanol–water partition coefficient (Wildman–Crippen LogP) is 1.42. The van der Waals surface area contributed by atoms with Crippen LogP contribution in [-0.2, 0) is 4.79 Å². The molecule has 14 heavy (non-hydrogen) atoms. The number of nitrogens with one attached hydrogen (secondary N) is 1. The molecule has 0 bridgehead atoms. The van der Waals surface area contributed by atoms with Gasteiger partial charge in [0, 0.05) is 5.69 Å². The standard InChI is InChI=1S/C11H14N2O/c1-8-3-2-4-9(7-8)13-10(14)11(12)5-6-11/h2-4,7H,5-6,12H2,1H3,(H,13,14). The molecule has 0 aliphatic heterocycles. The second-order valence-corrected chi connectivity index (χ2v) is 3.98. The summed E-state index contributed by atoms with van der Waals surface area (Å²) in [5, 5.41) is 2.82. The van der Waals surface area contributed by atoms with Crippen molar-refractivity contribution >= 4 is 11.6 Å². The molecule has 74 valence electrons. The van der Waals surface area contributed by atoms with Gasteiger partial charge in [-0.25, -0.2) is 0 Å². The Bertz CT molecular complexity index is 369. The van der Waals surface area contributed by atoms with Gasteiger partial charge in [-0.05, 0) is 37.5 Å². The van der Waals surface area contributed by atoms with Crippen LogP contribution in [0.4, 0.5) is 5.69 Å². The molecule has 1 aromatic carbocycles. The summed E-state index contributed by atoms with van der Waals surface area (Å²) in [6.07, 6.45) is 1.59. The number of anilines is 1. The molecule has 1 amide bonds. The lowest BCUT2D eigenvalue weighted by molar-refractivity contribution is -0.118. The van der Waals surface area contributed by atoms with E-state index in [0.717, 1.165) is 24.1 Å². The fourth-order valence-corrected chi connectivity index (χ4v) is 1.34. The van der Waals surface area contributed by atoms with Crippen LogP contribution in [0.2, 0.25) is 0 Å². The van der Waals surface area contributed by atoms with Crippen LogP contribution in [0.5, 0.6) is 0 Å². The highest BCUT2D eigenvalue weighted by atomic mass is 16.2. The first-order valence-corrected chi connectivity index (χ1v) is 4.77. The van der Waals surface area contributed by atoms with Crippen molar-refractivity contribution in [2.45, 2.75) is 25.3 Å². The van der Waals surface area contributed by atoms with Crippen molar-refractivity contribution in [2.24, 2.45) is 5.73 Å². The number of carbonyl (C=O) groups is 1. The van der Waals surface area contributed by atoms with Crippen LogP contribution in [0.15, 0.2) is 24.3 Å². The van der Waals surface area contributed by atoms with E-state index >= 15 is 0 Å². The molecule has 3 N–H and O–H groups in total. The molecule has 1 aromatic rings. The van der Waals surface area contributed by atoms with E-state index in [1.54, 1.807) is 0 Å². The Morgan fingerprint density at radius 1 is 1.50 bits per heavy atom. The summed E-state index contributed by atoms with van der Waals surface area (Å²) in [7, 11) is 0. The van der Waals surface area contributed by atoms with Gasteiger partial charge in [0.2, 0.25) is 5.91 Å². The van der Waals surface area contributed by atoms with Gasteiger partial charge in [0.25, 0.3) is 0 Å². The summed E-state index contributed by atoms with van der Waals surface area (Å²) in [6, 6.07) is 7.71. The second kappa shape index (κ2) is 3.10. The molecule has 0 saturated heterocycles. The zero-order chi connectivity index (χ0) is 10.2. The monoisotopic (exact) mass is 190 g/mol. The van der Waals surface area contributed by atoms with Crippen molar-refractivity contribution in [1.82, 2.24) is 0 Å². The molecule has 2 rings (SSSR count). The molecule has 0 spiro atoms. The van der Waals surface area contributed by atoms with Crippen LogP contribution < -0.4 is 11.1 Å². The van der Waals surface area contributed by atoms with Crippen molar-refractivity contribution in [1.29, 1.82) is 0 Å². The average molecular weight is 190 g/mol. The van der Waals surface area contributed by atoms with Crippen LogP contribution >= 0.6 is 0 Å². The van der Waals surface area contributed by atoms with Crippen LogP contribution in [0.3, 0.4) is 0 Å². The molecule has 3 nitrogen and oxygen atoms in total. The maximum atomic E-state index is 11.6. The van der Waals surface area contributed by atoms with Crippen LogP contribution in [0.1, 0.15) is 18.4 Å². The lowest BCUT2D eigenvalue weighted by atomic mass is 10.2. The number of rotatable bonds is 2. The molecule has 3 heteroatoms. The van der Waals surface area contributed by atoms with Crippen molar-refractivity contribution in [3.8, 4) is 0 Å². The van der Waals surface area contributed by atoms with E-state index in [-0.39, 0.29) is 5.91 Å². The lowest BCUT2D eigenvalue weighted by Crippen LogP contribution is -2.37. The number of nitrogens with two attached hydrogens (primary N) is 1. The van der Waals surface area contributed by atoms with E-state index in [2.05, 4.69) is 5.32 Å². The second-order valence-electron chi connectivity index (χ2n) is 3.98. The molecule has 1 aliphatic carbocycles. The summed E-state index contributed by atoms with van der Waals surface area (Å²) in [6.45, 7) is 1.99. The maximum absolute atomic E-state index is 11.6. The molecule has 0 aromatic heterocycles. The van der Waals surface area contributed by atoms with Gasteiger partial charge in [-0.15, -0.1) is 0 Å². The molecule has 1 fully saturated rings. The van der Waals surface area contributed by atoms with Crippen LogP contribution in [0, 0.1) is 6.92 Å². The molecule has 0 heterocycles. The Hall–Kier alpha value is -1.35. The molecular weight excluding hydrogens is 176 g/mol. The first-order valence-electron chi connectivity index (χ1n) is 4.77. The Morgan fingerprint density at radius 2 is 2.21 bits per heavy atom. The highest BCUT2D eigenvalue weighted by molar-refractivity contribution is 6.00. The Balaban J connectivity index is 2.07. The van der Waals surface area contributed by atoms with Crippen LogP contribution in [0.25, 0.3) is 0 Å². The van der Waals surface area contributed by atoms with E-state index in [0.29, 0.717) is 0 Å². The third-order valence-corrected chi connectivity index (χ3v) is 2.52. The minimum Gasteiger partial charge on any atom is -0.324 e. The van der Waals surface area contributed by atoms with Crippen molar-refractivity contribution in [2.75, 3.05) is 5.32 Å². The first-order chi connectivity index (χ1) is 6.60. The normalized spacial score (nSPS) is 17.6. The number of aryl methyl sites for hydroxylation is 1. The third-order valence-electron chi connectivity index (χ3n) is 2.52. The lowest BCUT2D eigenvalue weighted by Gasteiger charge is -2.10. The van der Waals surface area contributed by atoms with Crippen molar-refractivity contribution in [3.63, 3.8) is 0 Å². The van der Waals surface area contributed by atoms with Gasteiger partial charge in [0.1, 0.15) is 0 Å². The van der Waals surface area contributed by atoms with Gasteiger partial charge in [-0.3, -0.25) is 4.79 Å². The largest absolute Gasteiger partial charge is 0.324 e. The molecule has 0 unspecified atom stereocenters. The first kappa shape index (κ1) is 9.21. The number of hydrogen-bond donors (Lipinski definition) is 2. The highest BCUT2D eigenvalue weighted by Gasteiger charge is 2.45. The van der Waals surface area contributed by atoms with Gasteiger partial charge in [-0.1, -0.05) is 12.1 Å². The SMILES string of the molecule is Cc1cccc(NC(=O)C2(N)CC2)c1. The zero-order valence-corrected chi connectivity index (χ0v) is 8.21. The summed E-state index contributed by atoms with van der Waals surface area (Å²) in [5.41, 5.74) is 7.13. The minimum absolute atomic E-state index is 0.0666. The predicted molar refractivity (Wildman–Crippen MR) is 56.0 cm³/mol. The Labute approximate surface area is 83.3 Å². The number of hydrogen-bond acceptors (Lipinski definition) is 2. The summed E-state index contributed by atoms with van der Waals surface area (Å²) < 4.78 is 0. The fraction of sp³-hybridized carbons (Fsp3) is 0.364. The summed E-state index contributed by atoms with van der Waals surface area (Å²) >= 11 is 0. The molecular formula is C11H14N2O. The van der Waals surface area contributed by atoms with Gasteiger partial charge in [0.15, 0.2) is 0 Å². The van der Waals surface area contributed by atoms with E-state index in [1.165, 1.54) is 0 Å². The maximum Gasteiger partial charge on any atom is 0.244 e. The quantitative estimate of drug-likeness (QED) is 0.741. The molecule has 0 atom stereocenters. The number of benzene rings is 1. The average Bonchev–Trinajstić information content (AvgIpc) is 2.85. The van der Waals surface area contributed by atoms with Crippen molar-refractivity contribution < 1.29 is 4.79 Å². The smallest absolute Gasteiger partial charge is 0.244 e. The van der Waals surface area contributed by atoms with Gasteiger partial charge < -0.3 is 11.1 Å². The van der Waals surface area contributed by atoms with E-state index in [4.69, 9.17) is 5.73 Å². The summed E-state index contributed by atoms with van der Waals surface area (Å²) in [4.78, 5) is 11.6. The molecule has 1 aliphatic rings. The van der Waals surface area contributed by atoms with Crippen LogP contribution in [-0.4, -0.2) is 11.4 Å². The fourth-order valence-electron chi connectivity index (χ4n) is 1.34. The van der Waals surface area contributed by atoms with Gasteiger partial charge in [0.05, 0.1) is 5.54 Å². The molecule has 0 radical (unpaired) electrons. The highest BCUT2D eigenvalue weighted by Crippen LogP contribution is 2.33. The van der Waals surface area contributed by atoms with Gasteiger partial charge >= 0.3 is 0 Å². The minimum atomic E-state index is -0.594. The topological polar surface area (TPSA) is 55.1 Å². The zero-order valence-electron chi connectivity index (χ0n) is 8.21. The van der Waals surface area contributed by atoms with Gasteiger partial charge in [-0.2, -0.15) is 0 Å².